The third-order valence-electron chi connectivity index (χ3n) is 2.67. The van der Waals surface area contributed by atoms with Crippen LogP contribution in [0.2, 0.25) is 0 Å². The Hall–Kier alpha value is -1.87. The maximum atomic E-state index is 13.2. The lowest BCUT2D eigenvalue weighted by Gasteiger charge is -2.25. The highest BCUT2D eigenvalue weighted by Crippen LogP contribution is 2.28. The van der Waals surface area contributed by atoms with Gasteiger partial charge in [-0.3, -0.25) is 0 Å². The summed E-state index contributed by atoms with van der Waals surface area (Å²) in [5, 5.41) is 14.3. The van der Waals surface area contributed by atoms with Gasteiger partial charge in [0.1, 0.15) is 5.82 Å². The molecule has 2 amide bonds. The first-order chi connectivity index (χ1) is 8.52. The Bertz CT molecular complexity index is 591. The number of nitrogens with one attached hydrogen (secondary N) is 2. The molecule has 1 aromatic carbocycles. The van der Waals surface area contributed by atoms with E-state index in [1.807, 2.05) is 0 Å². The largest absolute Gasteiger partial charge is 0.326 e. The molecule has 18 heavy (non-hydrogen) atoms. The van der Waals surface area contributed by atoms with Gasteiger partial charge in [0.05, 0.1) is 22.2 Å². The zero-order chi connectivity index (χ0) is 13.3. The summed E-state index contributed by atoms with van der Waals surface area (Å²) in [5.74, 6) is -0.391. The minimum atomic E-state index is -0.555. The van der Waals surface area contributed by atoms with Gasteiger partial charge in [-0.15, -0.1) is 0 Å². The maximum Gasteiger partial charge on any atom is 0.319 e. The van der Waals surface area contributed by atoms with Gasteiger partial charge in [0, 0.05) is 5.70 Å². The van der Waals surface area contributed by atoms with E-state index in [9.17, 15) is 9.18 Å². The summed E-state index contributed by atoms with van der Waals surface area (Å²) in [6.07, 6.45) is 0. The number of allylic oxidation sites excluding steroid dienone is 1. The van der Waals surface area contributed by atoms with Gasteiger partial charge in [-0.05, 0) is 40.5 Å². The number of hydrogen-bond acceptors (Lipinski definition) is 2. The van der Waals surface area contributed by atoms with E-state index in [1.165, 1.54) is 6.07 Å². The average molecular weight is 310 g/mol. The molecule has 4 nitrogen and oxygen atoms in total. The fourth-order valence-electron chi connectivity index (χ4n) is 1.78. The zero-order valence-corrected chi connectivity index (χ0v) is 11.0. The average Bonchev–Trinajstić information content (AvgIpc) is 2.32. The molecule has 0 saturated carbocycles. The number of urea groups is 1. The molecule has 0 saturated heterocycles. The van der Waals surface area contributed by atoms with E-state index in [1.54, 1.807) is 19.1 Å². The Labute approximate surface area is 112 Å². The minimum Gasteiger partial charge on any atom is -0.326 e. The van der Waals surface area contributed by atoms with Crippen LogP contribution in [-0.2, 0) is 0 Å². The number of rotatable bonds is 1. The van der Waals surface area contributed by atoms with E-state index >= 15 is 0 Å². The Kier molecular flexibility index (Phi) is 3.34. The Balaban J connectivity index is 2.48. The highest BCUT2D eigenvalue weighted by atomic mass is 79.9. The van der Waals surface area contributed by atoms with Crippen LogP contribution in [0.3, 0.4) is 0 Å². The summed E-state index contributed by atoms with van der Waals surface area (Å²) < 4.78 is 13.5. The minimum absolute atomic E-state index is 0.294. The first-order valence-electron chi connectivity index (χ1n) is 5.16. The molecule has 0 radical (unpaired) electrons. The summed E-state index contributed by atoms with van der Waals surface area (Å²) in [4.78, 5) is 11.4. The Morgan fingerprint density at radius 2 is 2.22 bits per heavy atom. The third kappa shape index (κ3) is 2.22. The molecule has 1 heterocycles. The van der Waals surface area contributed by atoms with Gasteiger partial charge in [-0.2, -0.15) is 5.26 Å². The predicted octanol–water partition coefficient (Wildman–Crippen LogP) is 2.74. The molecule has 0 bridgehead atoms. The smallest absolute Gasteiger partial charge is 0.319 e. The molecule has 0 aliphatic carbocycles. The lowest BCUT2D eigenvalue weighted by atomic mass is 9.97. The van der Waals surface area contributed by atoms with Crippen molar-refractivity contribution < 1.29 is 9.18 Å². The van der Waals surface area contributed by atoms with Crippen LogP contribution in [-0.4, -0.2) is 6.03 Å². The molecular weight excluding hydrogens is 301 g/mol. The number of halogens is 2. The van der Waals surface area contributed by atoms with Gasteiger partial charge < -0.3 is 10.6 Å². The van der Waals surface area contributed by atoms with E-state index in [4.69, 9.17) is 5.26 Å². The number of carbonyl (C=O) groups is 1. The van der Waals surface area contributed by atoms with Crippen LogP contribution in [0.25, 0.3) is 0 Å². The molecule has 0 aromatic heterocycles. The van der Waals surface area contributed by atoms with Crippen molar-refractivity contribution in [1.82, 2.24) is 10.6 Å². The van der Waals surface area contributed by atoms with Gasteiger partial charge in [-0.25, -0.2) is 9.18 Å². The molecule has 1 aromatic rings. The van der Waals surface area contributed by atoms with Crippen LogP contribution in [0.15, 0.2) is 33.9 Å². The lowest BCUT2D eigenvalue weighted by molar-refractivity contribution is 0.239. The van der Waals surface area contributed by atoms with Crippen LogP contribution in [0.1, 0.15) is 18.5 Å². The molecule has 2 N–H and O–H groups in total. The summed E-state index contributed by atoms with van der Waals surface area (Å²) in [6, 6.07) is 5.50. The molecule has 0 spiro atoms. The highest BCUT2D eigenvalue weighted by Gasteiger charge is 2.26. The molecule has 2 rings (SSSR count). The second-order valence-corrected chi connectivity index (χ2v) is 4.71. The first-order valence-corrected chi connectivity index (χ1v) is 5.95. The molecule has 1 aliphatic rings. The summed E-state index contributed by atoms with van der Waals surface area (Å²) in [7, 11) is 0. The molecule has 1 atom stereocenters. The van der Waals surface area contributed by atoms with E-state index < -0.39 is 11.9 Å². The van der Waals surface area contributed by atoms with Gasteiger partial charge in [0.2, 0.25) is 0 Å². The second kappa shape index (κ2) is 4.78. The summed E-state index contributed by atoms with van der Waals surface area (Å²) >= 11 is 3.08. The number of nitrogens with zero attached hydrogens (tertiary/aromatic N) is 1. The Morgan fingerprint density at radius 1 is 1.50 bits per heavy atom. The van der Waals surface area contributed by atoms with Crippen molar-refractivity contribution in [1.29, 1.82) is 5.26 Å². The SMILES string of the molecule is CC1=C(C#N)C(c2ccc(F)c(Br)c2)NC(=O)N1. The normalized spacial score (nSPS) is 19.0. The fraction of sp³-hybridized carbons (Fsp3) is 0.167. The predicted molar refractivity (Wildman–Crippen MR) is 66.8 cm³/mol. The van der Waals surface area contributed by atoms with Crippen LogP contribution in [0, 0.1) is 17.1 Å². The van der Waals surface area contributed by atoms with Gasteiger partial charge in [0.25, 0.3) is 0 Å². The second-order valence-electron chi connectivity index (χ2n) is 3.86. The number of carbonyl (C=O) groups excluding carboxylic acids is 1. The standard InChI is InChI=1S/C12H9BrFN3O/c1-6-8(5-15)11(17-12(18)16-6)7-2-3-10(14)9(13)4-7/h2-4,11H,1H3,(H2,16,17,18). The Morgan fingerprint density at radius 3 is 2.83 bits per heavy atom. The van der Waals surface area contributed by atoms with Crippen LogP contribution in [0.5, 0.6) is 0 Å². The van der Waals surface area contributed by atoms with E-state index in [0.29, 0.717) is 21.3 Å². The fourth-order valence-corrected chi connectivity index (χ4v) is 2.18. The number of hydrogen-bond donors (Lipinski definition) is 2. The molecule has 1 unspecified atom stereocenters. The topological polar surface area (TPSA) is 64.9 Å². The van der Waals surface area contributed by atoms with Gasteiger partial charge in [-0.1, -0.05) is 6.07 Å². The van der Waals surface area contributed by atoms with Crippen molar-refractivity contribution in [3.8, 4) is 6.07 Å². The number of amides is 2. The third-order valence-corrected chi connectivity index (χ3v) is 3.27. The number of benzene rings is 1. The van der Waals surface area contributed by atoms with Crippen molar-refractivity contribution >= 4 is 22.0 Å². The van der Waals surface area contributed by atoms with Crippen molar-refractivity contribution in [3.05, 3.63) is 45.3 Å². The zero-order valence-electron chi connectivity index (χ0n) is 9.42. The summed E-state index contributed by atoms with van der Waals surface area (Å²) in [5.41, 5.74) is 1.56. The van der Waals surface area contributed by atoms with Crippen LogP contribution < -0.4 is 10.6 Å². The van der Waals surface area contributed by atoms with E-state index in [-0.39, 0.29) is 6.03 Å². The molecule has 6 heteroatoms. The quantitative estimate of drug-likeness (QED) is 0.837. The molecular formula is C12H9BrFN3O. The maximum absolute atomic E-state index is 13.2. The van der Waals surface area contributed by atoms with Crippen molar-refractivity contribution in [3.63, 3.8) is 0 Å². The molecule has 1 aliphatic heterocycles. The van der Waals surface area contributed by atoms with Gasteiger partial charge >= 0.3 is 6.03 Å². The lowest BCUT2D eigenvalue weighted by Crippen LogP contribution is -2.43. The first kappa shape index (κ1) is 12.6. The van der Waals surface area contributed by atoms with Gasteiger partial charge in [0.15, 0.2) is 0 Å². The van der Waals surface area contributed by atoms with E-state index in [2.05, 4.69) is 32.6 Å². The monoisotopic (exact) mass is 309 g/mol. The van der Waals surface area contributed by atoms with Crippen molar-refractivity contribution in [2.24, 2.45) is 0 Å². The summed E-state index contributed by atoms with van der Waals surface area (Å²) in [6.45, 7) is 1.66. The van der Waals surface area contributed by atoms with E-state index in [0.717, 1.165) is 0 Å². The molecule has 92 valence electrons. The van der Waals surface area contributed by atoms with Crippen LogP contribution in [0.4, 0.5) is 9.18 Å². The molecule has 0 fully saturated rings. The highest BCUT2D eigenvalue weighted by molar-refractivity contribution is 9.10. The number of nitriles is 1. The van der Waals surface area contributed by atoms with Crippen molar-refractivity contribution in [2.75, 3.05) is 0 Å². The van der Waals surface area contributed by atoms with Crippen molar-refractivity contribution in [2.45, 2.75) is 13.0 Å². The van der Waals surface area contributed by atoms with Crippen LogP contribution >= 0.6 is 15.9 Å².